The number of aliphatic imine (C=N–C) groups is 1. The largest absolute Gasteiger partial charge is 0.469 e. The lowest BCUT2D eigenvalue weighted by Crippen LogP contribution is -2.43. The van der Waals surface area contributed by atoms with Crippen molar-refractivity contribution >= 4 is 11.9 Å². The second-order valence-corrected chi connectivity index (χ2v) is 6.99. The van der Waals surface area contributed by atoms with Gasteiger partial charge in [0.1, 0.15) is 12.4 Å². The van der Waals surface area contributed by atoms with Gasteiger partial charge in [0.2, 0.25) is 5.91 Å². The van der Waals surface area contributed by atoms with Crippen LogP contribution in [0.3, 0.4) is 0 Å². The normalized spacial score (nSPS) is 12.0. The molecule has 0 aliphatic carbocycles. The maximum Gasteiger partial charge on any atom is 0.411 e. The highest BCUT2D eigenvalue weighted by atomic mass is 19.4. The summed E-state index contributed by atoms with van der Waals surface area (Å²) in [5.41, 5.74) is 1.43. The smallest absolute Gasteiger partial charge is 0.411 e. The Labute approximate surface area is 179 Å². The van der Waals surface area contributed by atoms with Crippen molar-refractivity contribution in [3.8, 4) is 0 Å². The number of nitrogens with zero attached hydrogens (tertiary/aromatic N) is 2. The van der Waals surface area contributed by atoms with Crippen LogP contribution in [-0.4, -0.2) is 56.7 Å². The number of guanidine groups is 1. The highest BCUT2D eigenvalue weighted by molar-refractivity contribution is 5.86. The number of rotatable bonds is 10. The molecular formula is C21H27F3N4O3. The fraction of sp³-hybridized carbons (Fsp3) is 0.429. The molecule has 7 nitrogen and oxygen atoms in total. The Hall–Kier alpha value is -3.01. The van der Waals surface area contributed by atoms with Crippen molar-refractivity contribution in [1.29, 1.82) is 0 Å². The summed E-state index contributed by atoms with van der Waals surface area (Å²) in [4.78, 5) is 17.8. The van der Waals surface area contributed by atoms with Gasteiger partial charge in [-0.05, 0) is 23.3 Å². The van der Waals surface area contributed by atoms with Crippen LogP contribution in [0.1, 0.15) is 16.9 Å². The van der Waals surface area contributed by atoms with Crippen molar-refractivity contribution in [2.24, 2.45) is 4.99 Å². The molecule has 1 aromatic heterocycles. The molecule has 2 rings (SSSR count). The molecule has 0 aliphatic heterocycles. The van der Waals surface area contributed by atoms with E-state index in [1.54, 1.807) is 38.6 Å². The van der Waals surface area contributed by atoms with E-state index in [0.717, 1.165) is 11.3 Å². The SMILES string of the molecule is CN(C)C(=O)CNC(=NCc1cccc(COCC(F)(F)F)c1)NCCc1ccco1. The number of carbonyl (C=O) groups excluding carboxylic acids is 1. The van der Waals surface area contributed by atoms with E-state index in [9.17, 15) is 18.0 Å². The second kappa shape index (κ2) is 12.0. The summed E-state index contributed by atoms with van der Waals surface area (Å²) in [6, 6.07) is 10.7. The molecule has 2 N–H and O–H groups in total. The van der Waals surface area contributed by atoms with E-state index >= 15 is 0 Å². The first-order chi connectivity index (χ1) is 14.7. The minimum Gasteiger partial charge on any atom is -0.469 e. The Morgan fingerprint density at radius 1 is 1.16 bits per heavy atom. The van der Waals surface area contributed by atoms with Crippen LogP contribution in [0.25, 0.3) is 0 Å². The standard InChI is InChI=1S/C21H27F3N4O3/c1-28(2)19(29)13-27-20(25-9-8-18-7-4-10-31-18)26-12-16-5-3-6-17(11-16)14-30-15-21(22,23)24/h3-7,10-11H,8-9,12-15H2,1-2H3,(H2,25,26,27). The van der Waals surface area contributed by atoms with Gasteiger partial charge in [-0.2, -0.15) is 13.2 Å². The van der Waals surface area contributed by atoms with Gasteiger partial charge in [-0.25, -0.2) is 4.99 Å². The Morgan fingerprint density at radius 2 is 1.94 bits per heavy atom. The average Bonchev–Trinajstić information content (AvgIpc) is 3.22. The van der Waals surface area contributed by atoms with Crippen molar-refractivity contribution in [2.75, 3.05) is 33.8 Å². The van der Waals surface area contributed by atoms with Crippen LogP contribution in [-0.2, 0) is 29.1 Å². The zero-order chi connectivity index (χ0) is 22.7. The number of hydrogen-bond donors (Lipinski definition) is 2. The van der Waals surface area contributed by atoms with E-state index in [-0.39, 0.29) is 25.6 Å². The van der Waals surface area contributed by atoms with Crippen molar-refractivity contribution in [3.63, 3.8) is 0 Å². The molecule has 0 radical (unpaired) electrons. The van der Waals surface area contributed by atoms with Crippen molar-refractivity contribution in [3.05, 3.63) is 59.5 Å². The van der Waals surface area contributed by atoms with Gasteiger partial charge in [0, 0.05) is 27.1 Å². The molecule has 31 heavy (non-hydrogen) atoms. The van der Waals surface area contributed by atoms with Crippen LogP contribution < -0.4 is 10.6 Å². The van der Waals surface area contributed by atoms with Gasteiger partial charge >= 0.3 is 6.18 Å². The Balaban J connectivity index is 1.95. The van der Waals surface area contributed by atoms with Gasteiger partial charge in [-0.1, -0.05) is 24.3 Å². The zero-order valence-corrected chi connectivity index (χ0v) is 17.5. The molecule has 0 atom stereocenters. The maximum absolute atomic E-state index is 12.2. The topological polar surface area (TPSA) is 79.1 Å². The van der Waals surface area contributed by atoms with Gasteiger partial charge in [0.05, 0.1) is 26.0 Å². The van der Waals surface area contributed by atoms with Crippen LogP contribution in [0.2, 0.25) is 0 Å². The molecule has 170 valence electrons. The van der Waals surface area contributed by atoms with E-state index in [2.05, 4.69) is 15.6 Å². The van der Waals surface area contributed by atoms with Crippen LogP contribution in [0, 0.1) is 0 Å². The average molecular weight is 440 g/mol. The van der Waals surface area contributed by atoms with Crippen molar-refractivity contribution in [2.45, 2.75) is 25.7 Å². The first-order valence-corrected chi connectivity index (χ1v) is 9.70. The Morgan fingerprint density at radius 3 is 2.61 bits per heavy atom. The summed E-state index contributed by atoms with van der Waals surface area (Å²) < 4.78 is 46.7. The molecule has 2 aromatic rings. The quantitative estimate of drug-likeness (QED) is 0.439. The number of carbonyl (C=O) groups is 1. The highest BCUT2D eigenvalue weighted by Crippen LogP contribution is 2.16. The number of alkyl halides is 3. The lowest BCUT2D eigenvalue weighted by molar-refractivity contribution is -0.176. The molecule has 1 aromatic carbocycles. The van der Waals surface area contributed by atoms with Crippen LogP contribution in [0.4, 0.5) is 13.2 Å². The van der Waals surface area contributed by atoms with Gasteiger partial charge < -0.3 is 24.7 Å². The van der Waals surface area contributed by atoms with E-state index in [0.29, 0.717) is 24.5 Å². The van der Waals surface area contributed by atoms with E-state index in [1.807, 2.05) is 18.2 Å². The summed E-state index contributed by atoms with van der Waals surface area (Å²) in [5.74, 6) is 1.16. The Bertz CT molecular complexity index is 837. The number of benzene rings is 1. The number of ether oxygens (including phenoxy) is 1. The van der Waals surface area contributed by atoms with E-state index < -0.39 is 12.8 Å². The van der Waals surface area contributed by atoms with Crippen molar-refractivity contribution in [1.82, 2.24) is 15.5 Å². The lowest BCUT2D eigenvalue weighted by Gasteiger charge is -2.15. The monoisotopic (exact) mass is 440 g/mol. The van der Waals surface area contributed by atoms with Gasteiger partial charge in [0.15, 0.2) is 5.96 Å². The summed E-state index contributed by atoms with van der Waals surface area (Å²) >= 11 is 0. The molecule has 0 spiro atoms. The third-order valence-corrected chi connectivity index (χ3v) is 4.10. The predicted octanol–water partition coefficient (Wildman–Crippen LogP) is 2.72. The zero-order valence-electron chi connectivity index (χ0n) is 17.5. The molecule has 0 aliphatic rings. The number of halogens is 3. The molecule has 1 amide bonds. The number of amides is 1. The second-order valence-electron chi connectivity index (χ2n) is 6.99. The van der Waals surface area contributed by atoms with Gasteiger partial charge in [-0.15, -0.1) is 0 Å². The van der Waals surface area contributed by atoms with E-state index in [4.69, 9.17) is 9.15 Å². The first-order valence-electron chi connectivity index (χ1n) is 9.70. The summed E-state index contributed by atoms with van der Waals surface area (Å²) in [6.07, 6.45) is -2.11. The molecule has 0 fully saturated rings. The van der Waals surface area contributed by atoms with Crippen LogP contribution in [0.5, 0.6) is 0 Å². The minimum absolute atomic E-state index is 0.0743. The van der Waals surface area contributed by atoms with Crippen LogP contribution >= 0.6 is 0 Å². The number of likely N-dealkylation sites (N-methyl/N-ethyl adjacent to an activating group) is 1. The molecule has 1 heterocycles. The maximum atomic E-state index is 12.2. The van der Waals surface area contributed by atoms with Crippen LogP contribution in [0.15, 0.2) is 52.1 Å². The molecular weight excluding hydrogens is 413 g/mol. The van der Waals surface area contributed by atoms with Gasteiger partial charge in [0.25, 0.3) is 0 Å². The third-order valence-electron chi connectivity index (χ3n) is 4.10. The summed E-state index contributed by atoms with van der Waals surface area (Å²) in [5, 5.41) is 6.13. The van der Waals surface area contributed by atoms with E-state index in [1.165, 1.54) is 4.90 Å². The minimum atomic E-state index is -4.35. The number of nitrogens with one attached hydrogen (secondary N) is 2. The molecule has 0 saturated carbocycles. The summed E-state index contributed by atoms with van der Waals surface area (Å²) in [7, 11) is 3.33. The Kier molecular flexibility index (Phi) is 9.39. The molecule has 0 unspecified atom stereocenters. The highest BCUT2D eigenvalue weighted by Gasteiger charge is 2.27. The van der Waals surface area contributed by atoms with Gasteiger partial charge in [-0.3, -0.25) is 4.79 Å². The molecule has 0 saturated heterocycles. The molecule has 10 heteroatoms. The fourth-order valence-electron chi connectivity index (χ4n) is 2.52. The predicted molar refractivity (Wildman–Crippen MR) is 110 cm³/mol. The lowest BCUT2D eigenvalue weighted by atomic mass is 10.1. The molecule has 0 bridgehead atoms. The first kappa shape index (κ1) is 24.3. The van der Waals surface area contributed by atoms with Crippen molar-refractivity contribution < 1.29 is 27.1 Å². The third kappa shape index (κ3) is 10.0. The summed E-state index contributed by atoms with van der Waals surface area (Å²) in [6.45, 7) is -0.533. The number of furan rings is 1. The number of hydrogen-bond acceptors (Lipinski definition) is 4. The fourth-order valence-corrected chi connectivity index (χ4v) is 2.52.